The average Bonchev–Trinajstić information content (AvgIpc) is 2.69. The predicted octanol–water partition coefficient (Wildman–Crippen LogP) is 3.41. The smallest absolute Gasteiger partial charge is 0.0246 e. The van der Waals surface area contributed by atoms with Gasteiger partial charge in [0.2, 0.25) is 0 Å². The monoisotopic (exact) mass is 252 g/mol. The number of nitrogens with zero attached hydrogens (tertiary/aromatic N) is 1. The molecule has 106 valence electrons. The number of hydrogen-bond acceptors (Lipinski definition) is 2. The van der Waals surface area contributed by atoms with Gasteiger partial charge in [-0.3, -0.25) is 4.90 Å². The lowest BCUT2D eigenvalue weighted by Gasteiger charge is -2.41. The molecule has 1 aliphatic heterocycles. The number of nitrogens with two attached hydrogens (primary N) is 1. The van der Waals surface area contributed by atoms with Crippen molar-refractivity contribution in [1.82, 2.24) is 4.90 Å². The van der Waals surface area contributed by atoms with Gasteiger partial charge in [-0.15, -0.1) is 0 Å². The highest BCUT2D eigenvalue weighted by molar-refractivity contribution is 4.85. The Kier molecular flexibility index (Phi) is 5.97. The first kappa shape index (κ1) is 14.3. The van der Waals surface area contributed by atoms with Crippen LogP contribution in [0.4, 0.5) is 0 Å². The van der Waals surface area contributed by atoms with E-state index in [9.17, 15) is 0 Å². The molecule has 2 nitrogen and oxygen atoms in total. The summed E-state index contributed by atoms with van der Waals surface area (Å²) in [5.74, 6) is 1.81. The molecule has 0 spiro atoms. The second-order valence-corrected chi connectivity index (χ2v) is 6.47. The van der Waals surface area contributed by atoms with Crippen molar-refractivity contribution < 1.29 is 0 Å². The Bertz CT molecular complexity index is 221. The van der Waals surface area contributed by atoms with Gasteiger partial charge in [0.1, 0.15) is 0 Å². The fourth-order valence-corrected chi connectivity index (χ4v) is 4.07. The number of rotatable bonds is 4. The van der Waals surface area contributed by atoms with Crippen molar-refractivity contribution >= 4 is 0 Å². The summed E-state index contributed by atoms with van der Waals surface area (Å²) in [6.45, 7) is 5.84. The average molecular weight is 252 g/mol. The number of hydrogen-bond donors (Lipinski definition) is 1. The van der Waals surface area contributed by atoms with Gasteiger partial charge < -0.3 is 5.73 Å². The fraction of sp³-hybridized carbons (Fsp3) is 1.00. The normalized spacial score (nSPS) is 30.0. The summed E-state index contributed by atoms with van der Waals surface area (Å²) >= 11 is 0. The van der Waals surface area contributed by atoms with E-state index in [4.69, 9.17) is 5.73 Å². The zero-order chi connectivity index (χ0) is 12.8. The molecule has 2 rings (SSSR count). The molecule has 0 aromatic heterocycles. The molecule has 1 saturated heterocycles. The largest absolute Gasteiger partial charge is 0.329 e. The third-order valence-electron chi connectivity index (χ3n) is 5.28. The Labute approximate surface area is 113 Å². The molecular formula is C16H32N2. The summed E-state index contributed by atoms with van der Waals surface area (Å²) in [6.07, 6.45) is 12.8. The third kappa shape index (κ3) is 3.71. The third-order valence-corrected chi connectivity index (χ3v) is 5.28. The molecule has 0 radical (unpaired) electrons. The standard InChI is InChI=1S/C16H32N2/c1-2-14-8-7-11-18(13-14)16(12-17)15-9-5-3-4-6-10-15/h14-16H,2-13,17H2,1H3. The van der Waals surface area contributed by atoms with Crippen molar-refractivity contribution in [3.63, 3.8) is 0 Å². The molecule has 1 aliphatic carbocycles. The van der Waals surface area contributed by atoms with Gasteiger partial charge in [0, 0.05) is 19.1 Å². The van der Waals surface area contributed by atoms with Gasteiger partial charge in [0.25, 0.3) is 0 Å². The minimum absolute atomic E-state index is 0.678. The summed E-state index contributed by atoms with van der Waals surface area (Å²) < 4.78 is 0. The molecule has 2 heteroatoms. The lowest BCUT2D eigenvalue weighted by molar-refractivity contribution is 0.0834. The first-order valence-corrected chi connectivity index (χ1v) is 8.29. The predicted molar refractivity (Wildman–Crippen MR) is 78.6 cm³/mol. The van der Waals surface area contributed by atoms with Gasteiger partial charge in [0.15, 0.2) is 0 Å². The van der Waals surface area contributed by atoms with Gasteiger partial charge in [-0.1, -0.05) is 39.0 Å². The van der Waals surface area contributed by atoms with Crippen molar-refractivity contribution in [3.8, 4) is 0 Å². The summed E-state index contributed by atoms with van der Waals surface area (Å²) in [4.78, 5) is 2.74. The summed E-state index contributed by atoms with van der Waals surface area (Å²) in [5, 5.41) is 0. The summed E-state index contributed by atoms with van der Waals surface area (Å²) in [5.41, 5.74) is 6.13. The Morgan fingerprint density at radius 2 is 1.78 bits per heavy atom. The highest BCUT2D eigenvalue weighted by atomic mass is 15.2. The van der Waals surface area contributed by atoms with E-state index < -0.39 is 0 Å². The maximum Gasteiger partial charge on any atom is 0.0246 e. The number of piperidine rings is 1. The Morgan fingerprint density at radius 3 is 2.39 bits per heavy atom. The van der Waals surface area contributed by atoms with Crippen LogP contribution < -0.4 is 5.73 Å². The molecule has 18 heavy (non-hydrogen) atoms. The van der Waals surface area contributed by atoms with Crippen LogP contribution in [0.1, 0.15) is 64.7 Å². The van der Waals surface area contributed by atoms with Gasteiger partial charge in [-0.2, -0.15) is 0 Å². The van der Waals surface area contributed by atoms with E-state index in [1.54, 1.807) is 0 Å². The Hall–Kier alpha value is -0.0800. The van der Waals surface area contributed by atoms with Gasteiger partial charge in [-0.25, -0.2) is 0 Å². The minimum atomic E-state index is 0.678. The van der Waals surface area contributed by atoms with Crippen LogP contribution in [0.2, 0.25) is 0 Å². The van der Waals surface area contributed by atoms with E-state index >= 15 is 0 Å². The van der Waals surface area contributed by atoms with Crippen LogP contribution in [0.5, 0.6) is 0 Å². The van der Waals surface area contributed by atoms with E-state index in [-0.39, 0.29) is 0 Å². The lowest BCUT2D eigenvalue weighted by atomic mass is 9.87. The van der Waals surface area contributed by atoms with Crippen molar-refractivity contribution in [2.45, 2.75) is 70.8 Å². The van der Waals surface area contributed by atoms with Gasteiger partial charge in [-0.05, 0) is 44.1 Å². The highest BCUT2D eigenvalue weighted by Gasteiger charge is 2.30. The minimum Gasteiger partial charge on any atom is -0.329 e. The molecule has 2 atom stereocenters. The first-order chi connectivity index (χ1) is 8.85. The summed E-state index contributed by atoms with van der Waals surface area (Å²) in [7, 11) is 0. The number of likely N-dealkylation sites (tertiary alicyclic amines) is 1. The van der Waals surface area contributed by atoms with E-state index in [0.717, 1.165) is 18.4 Å². The quantitative estimate of drug-likeness (QED) is 0.777. The lowest BCUT2D eigenvalue weighted by Crippen LogP contribution is -2.49. The maximum atomic E-state index is 6.13. The molecule has 2 N–H and O–H groups in total. The molecule has 2 fully saturated rings. The summed E-state index contributed by atoms with van der Waals surface area (Å²) in [6, 6.07) is 0.678. The molecule has 1 saturated carbocycles. The molecule has 2 unspecified atom stereocenters. The molecule has 0 bridgehead atoms. The van der Waals surface area contributed by atoms with Gasteiger partial charge >= 0.3 is 0 Å². The fourth-order valence-electron chi connectivity index (χ4n) is 4.07. The van der Waals surface area contributed by atoms with E-state index in [1.807, 2.05) is 0 Å². The van der Waals surface area contributed by atoms with Crippen LogP contribution in [0.3, 0.4) is 0 Å². The van der Waals surface area contributed by atoms with Gasteiger partial charge in [0.05, 0.1) is 0 Å². The molecule has 0 aromatic rings. The second kappa shape index (κ2) is 7.49. The van der Waals surface area contributed by atoms with Crippen LogP contribution in [-0.4, -0.2) is 30.6 Å². The van der Waals surface area contributed by atoms with Crippen LogP contribution in [0.25, 0.3) is 0 Å². The molecule has 1 heterocycles. The van der Waals surface area contributed by atoms with Crippen molar-refractivity contribution in [1.29, 1.82) is 0 Å². The second-order valence-electron chi connectivity index (χ2n) is 6.47. The molecule has 2 aliphatic rings. The Morgan fingerprint density at radius 1 is 1.06 bits per heavy atom. The van der Waals surface area contributed by atoms with Crippen LogP contribution >= 0.6 is 0 Å². The highest BCUT2D eigenvalue weighted by Crippen LogP contribution is 2.30. The van der Waals surface area contributed by atoms with E-state index in [0.29, 0.717) is 6.04 Å². The molecule has 0 amide bonds. The zero-order valence-electron chi connectivity index (χ0n) is 12.2. The van der Waals surface area contributed by atoms with Crippen LogP contribution in [0, 0.1) is 11.8 Å². The SMILES string of the molecule is CCC1CCCN(C(CN)C2CCCCCC2)C1. The van der Waals surface area contributed by atoms with Crippen LogP contribution in [-0.2, 0) is 0 Å². The van der Waals surface area contributed by atoms with E-state index in [2.05, 4.69) is 11.8 Å². The zero-order valence-corrected chi connectivity index (χ0v) is 12.2. The van der Waals surface area contributed by atoms with Crippen molar-refractivity contribution in [3.05, 3.63) is 0 Å². The van der Waals surface area contributed by atoms with Crippen molar-refractivity contribution in [2.75, 3.05) is 19.6 Å². The van der Waals surface area contributed by atoms with Crippen molar-refractivity contribution in [2.24, 2.45) is 17.6 Å². The van der Waals surface area contributed by atoms with E-state index in [1.165, 1.54) is 70.9 Å². The first-order valence-electron chi connectivity index (χ1n) is 8.29. The Balaban J connectivity index is 1.93. The molecular weight excluding hydrogens is 220 g/mol. The van der Waals surface area contributed by atoms with Crippen LogP contribution in [0.15, 0.2) is 0 Å². The molecule has 0 aromatic carbocycles. The topological polar surface area (TPSA) is 29.3 Å². The maximum absolute atomic E-state index is 6.13.